The van der Waals surface area contributed by atoms with E-state index in [9.17, 15) is 9.59 Å². The second kappa shape index (κ2) is 16.9. The highest BCUT2D eigenvalue weighted by Gasteiger charge is 2.50. The zero-order chi connectivity index (χ0) is 35.0. The second-order valence-corrected chi connectivity index (χ2v) is 26.7. The maximum Gasteiger partial charge on any atom is 0.305 e. The van der Waals surface area contributed by atoms with Gasteiger partial charge in [0, 0.05) is 31.6 Å². The minimum Gasteiger partial charge on any atom is -0.469 e. The van der Waals surface area contributed by atoms with E-state index in [-0.39, 0.29) is 57.6 Å². The van der Waals surface area contributed by atoms with Crippen LogP contribution in [-0.4, -0.2) is 54.0 Å². The highest BCUT2D eigenvalue weighted by Crippen LogP contribution is 2.52. The number of allylic oxidation sites excluding steroid dienone is 2. The third-order valence-corrected chi connectivity index (χ3v) is 20.7. The zero-order valence-electron chi connectivity index (χ0n) is 31.9. The molecule has 0 bridgehead atoms. The molecule has 8 heteroatoms. The second-order valence-electron chi connectivity index (χ2n) is 17.2. The Hall–Kier alpha value is -1.23. The van der Waals surface area contributed by atoms with E-state index >= 15 is 0 Å². The number of ether oxygens (including phenoxy) is 2. The van der Waals surface area contributed by atoms with Gasteiger partial charge in [-0.15, -0.1) is 0 Å². The largest absolute Gasteiger partial charge is 0.469 e. The Labute approximate surface area is 285 Å². The number of esters is 2. The van der Waals surface area contributed by atoms with Crippen LogP contribution in [0, 0.1) is 17.3 Å². The number of carbonyl (C=O) groups is 2. The van der Waals surface area contributed by atoms with Crippen molar-refractivity contribution in [3.05, 3.63) is 24.3 Å². The van der Waals surface area contributed by atoms with E-state index < -0.39 is 16.6 Å². The van der Waals surface area contributed by atoms with Crippen molar-refractivity contribution in [2.75, 3.05) is 7.11 Å². The SMILES string of the molecule is CCCC1(C(CC=C[C@@H]2[C@@H](CC=CCCCC(=O)OC)[C@@H](OC(C)=O)C[C@H]2O[Si](C)(C)C(C)(C)C)O[Si](C)(C)C(C)(C)C)CCC1. The Kier molecular flexibility index (Phi) is 15.1. The summed E-state index contributed by atoms with van der Waals surface area (Å²) in [5.41, 5.74) is 0.272. The van der Waals surface area contributed by atoms with Gasteiger partial charge in [0.05, 0.1) is 19.3 Å². The number of methoxy groups -OCH3 is 1. The van der Waals surface area contributed by atoms with Gasteiger partial charge in [0.2, 0.25) is 0 Å². The van der Waals surface area contributed by atoms with Crippen LogP contribution in [0.15, 0.2) is 24.3 Å². The Balaban J connectivity index is 2.41. The molecule has 2 aliphatic carbocycles. The first-order chi connectivity index (χ1) is 21.2. The van der Waals surface area contributed by atoms with Crippen molar-refractivity contribution in [2.24, 2.45) is 17.3 Å². The smallest absolute Gasteiger partial charge is 0.305 e. The molecule has 2 fully saturated rings. The molecular formula is C38H70O6Si2. The predicted molar refractivity (Wildman–Crippen MR) is 196 cm³/mol. The lowest BCUT2D eigenvalue weighted by Crippen LogP contribution is -2.51. The van der Waals surface area contributed by atoms with E-state index in [0.717, 1.165) is 25.7 Å². The van der Waals surface area contributed by atoms with Crippen molar-refractivity contribution in [3.63, 3.8) is 0 Å². The molecule has 0 saturated heterocycles. The number of unbranched alkanes of at least 4 members (excludes halogenated alkanes) is 1. The Morgan fingerprint density at radius 2 is 1.57 bits per heavy atom. The normalized spacial score (nSPS) is 24.7. The number of rotatable bonds is 17. The van der Waals surface area contributed by atoms with Gasteiger partial charge < -0.3 is 18.3 Å². The van der Waals surface area contributed by atoms with Crippen molar-refractivity contribution in [3.8, 4) is 0 Å². The summed E-state index contributed by atoms with van der Waals surface area (Å²) in [6.07, 6.45) is 19.8. The molecule has 0 N–H and O–H groups in total. The Bertz CT molecular complexity index is 1030. The van der Waals surface area contributed by atoms with Crippen LogP contribution >= 0.6 is 0 Å². The zero-order valence-corrected chi connectivity index (χ0v) is 33.9. The molecule has 0 aliphatic heterocycles. The maximum absolute atomic E-state index is 12.3. The third-order valence-electron chi connectivity index (χ3n) is 11.7. The predicted octanol–water partition coefficient (Wildman–Crippen LogP) is 10.5. The molecule has 2 aliphatic rings. The van der Waals surface area contributed by atoms with Gasteiger partial charge >= 0.3 is 11.9 Å². The lowest BCUT2D eigenvalue weighted by atomic mass is 9.62. The van der Waals surface area contributed by atoms with Crippen molar-refractivity contribution >= 4 is 28.6 Å². The first kappa shape index (κ1) is 40.9. The standard InChI is InChI=1S/C38H70O6Si2/c1-14-25-38(26-20-27-38)34(44-46(12,13)37(6,7)8)23-19-22-31-30(21-17-15-16-18-24-35(40)41-9)32(42-29(2)39)28-33(31)43-45(10,11)36(3,4)5/h15,17,19,22,30-34H,14,16,18,20-21,23-28H2,1-13H3/t30-,31-,32+,33-,34?/m1/s1. The fourth-order valence-electron chi connectivity index (χ4n) is 6.70. The summed E-state index contributed by atoms with van der Waals surface area (Å²) in [5.74, 6) is -0.148. The fourth-order valence-corrected chi connectivity index (χ4v) is 9.48. The van der Waals surface area contributed by atoms with Crippen molar-refractivity contribution in [1.82, 2.24) is 0 Å². The van der Waals surface area contributed by atoms with Gasteiger partial charge in [-0.05, 0) is 86.6 Å². The molecule has 6 nitrogen and oxygen atoms in total. The van der Waals surface area contributed by atoms with Crippen LogP contribution in [0.5, 0.6) is 0 Å². The molecule has 46 heavy (non-hydrogen) atoms. The van der Waals surface area contributed by atoms with Gasteiger partial charge in [-0.3, -0.25) is 9.59 Å². The first-order valence-corrected chi connectivity index (χ1v) is 23.9. The van der Waals surface area contributed by atoms with E-state index in [2.05, 4.69) is 99.0 Å². The number of carbonyl (C=O) groups excluding carboxylic acids is 2. The molecule has 0 spiro atoms. The average Bonchev–Trinajstić information content (AvgIpc) is 3.20. The first-order valence-electron chi connectivity index (χ1n) is 18.1. The van der Waals surface area contributed by atoms with Gasteiger partial charge in [0.25, 0.3) is 0 Å². The molecule has 1 unspecified atom stereocenters. The maximum atomic E-state index is 12.3. The summed E-state index contributed by atoms with van der Waals surface area (Å²) in [7, 11) is -2.62. The van der Waals surface area contributed by atoms with E-state index in [0.29, 0.717) is 12.8 Å². The molecule has 0 amide bonds. The van der Waals surface area contributed by atoms with Crippen LogP contribution in [0.2, 0.25) is 36.3 Å². The minimum absolute atomic E-state index is 0.00715. The lowest BCUT2D eigenvalue weighted by molar-refractivity contribution is -0.148. The molecular weight excluding hydrogens is 609 g/mol. The molecule has 0 aromatic carbocycles. The fraction of sp³-hybridized carbons (Fsp3) is 0.842. The van der Waals surface area contributed by atoms with Crippen LogP contribution in [0.3, 0.4) is 0 Å². The molecule has 2 rings (SSSR count). The summed E-state index contributed by atoms with van der Waals surface area (Å²) in [5, 5.41) is 0.236. The molecule has 266 valence electrons. The van der Waals surface area contributed by atoms with Crippen molar-refractivity contribution in [1.29, 1.82) is 0 Å². The van der Waals surface area contributed by atoms with Gasteiger partial charge in [0.15, 0.2) is 16.6 Å². The van der Waals surface area contributed by atoms with Crippen LogP contribution in [0.1, 0.15) is 126 Å². The quantitative estimate of drug-likeness (QED) is 0.0660. The van der Waals surface area contributed by atoms with Crippen LogP contribution in [-0.2, 0) is 27.9 Å². The van der Waals surface area contributed by atoms with E-state index in [1.165, 1.54) is 46.1 Å². The average molecular weight is 679 g/mol. The van der Waals surface area contributed by atoms with Gasteiger partial charge in [0.1, 0.15) is 6.10 Å². The summed E-state index contributed by atoms with van der Waals surface area (Å²) >= 11 is 0. The highest BCUT2D eigenvalue weighted by molar-refractivity contribution is 6.74. The molecule has 0 aromatic heterocycles. The third kappa shape index (κ3) is 11.2. The van der Waals surface area contributed by atoms with Gasteiger partial charge in [-0.2, -0.15) is 0 Å². The molecule has 0 heterocycles. The van der Waals surface area contributed by atoms with Crippen LogP contribution in [0.25, 0.3) is 0 Å². The number of hydrogen-bond donors (Lipinski definition) is 0. The Morgan fingerprint density at radius 1 is 0.935 bits per heavy atom. The number of hydrogen-bond acceptors (Lipinski definition) is 6. The Morgan fingerprint density at radius 3 is 2.07 bits per heavy atom. The molecule has 2 saturated carbocycles. The van der Waals surface area contributed by atoms with Crippen molar-refractivity contribution < 1.29 is 27.9 Å². The van der Waals surface area contributed by atoms with Gasteiger partial charge in [-0.1, -0.05) is 85.6 Å². The topological polar surface area (TPSA) is 71.1 Å². The summed E-state index contributed by atoms with van der Waals surface area (Å²) in [6, 6.07) is 0. The summed E-state index contributed by atoms with van der Waals surface area (Å²) in [4.78, 5) is 23.8. The summed E-state index contributed by atoms with van der Waals surface area (Å²) < 4.78 is 25.2. The lowest BCUT2D eigenvalue weighted by Gasteiger charge is -2.51. The molecule has 0 radical (unpaired) electrons. The van der Waals surface area contributed by atoms with E-state index in [1.54, 1.807) is 0 Å². The molecule has 5 atom stereocenters. The van der Waals surface area contributed by atoms with E-state index in [1.807, 2.05) is 0 Å². The summed E-state index contributed by atoms with van der Waals surface area (Å²) in [6.45, 7) is 27.1. The van der Waals surface area contributed by atoms with Crippen LogP contribution in [0.4, 0.5) is 0 Å². The minimum atomic E-state index is -2.08. The molecule has 0 aromatic rings. The van der Waals surface area contributed by atoms with E-state index in [4.69, 9.17) is 18.3 Å². The highest BCUT2D eigenvalue weighted by atomic mass is 28.4. The van der Waals surface area contributed by atoms with Gasteiger partial charge in [-0.25, -0.2) is 0 Å². The van der Waals surface area contributed by atoms with Crippen molar-refractivity contribution in [2.45, 2.75) is 181 Å². The van der Waals surface area contributed by atoms with Crippen LogP contribution < -0.4 is 0 Å². The monoisotopic (exact) mass is 678 g/mol.